The summed E-state index contributed by atoms with van der Waals surface area (Å²) >= 11 is 12.1. The maximum absolute atomic E-state index is 12.5. The molecule has 0 saturated heterocycles. The Kier molecular flexibility index (Phi) is 6.45. The van der Waals surface area contributed by atoms with Gasteiger partial charge in [-0.25, -0.2) is 0 Å². The van der Waals surface area contributed by atoms with Gasteiger partial charge in [-0.1, -0.05) is 35.3 Å². The second-order valence-corrected chi connectivity index (χ2v) is 5.97. The van der Waals surface area contributed by atoms with Gasteiger partial charge in [0.05, 0.1) is 17.2 Å². The molecule has 0 heterocycles. The minimum Gasteiger partial charge on any atom is -0.494 e. The van der Waals surface area contributed by atoms with Crippen LogP contribution in [0.2, 0.25) is 10.0 Å². The van der Waals surface area contributed by atoms with E-state index in [1.165, 1.54) is 36.3 Å². The Morgan fingerprint density at radius 2 is 1.72 bits per heavy atom. The largest absolute Gasteiger partial charge is 0.494 e. The molecule has 0 atom stereocenters. The first-order valence-corrected chi connectivity index (χ1v) is 7.89. The molecule has 0 unspecified atom stereocenters. The third-order valence-electron chi connectivity index (χ3n) is 3.36. The number of alkyl halides is 2. The molecule has 2 aromatic rings. The molecule has 0 bridgehead atoms. The van der Waals surface area contributed by atoms with E-state index in [-0.39, 0.29) is 28.2 Å². The highest BCUT2D eigenvalue weighted by Crippen LogP contribution is 2.34. The number of methoxy groups -OCH3 is 1. The van der Waals surface area contributed by atoms with Crippen molar-refractivity contribution in [1.29, 1.82) is 0 Å². The Morgan fingerprint density at radius 1 is 1.16 bits per heavy atom. The molecule has 0 aromatic heterocycles. The van der Waals surface area contributed by atoms with E-state index in [0.29, 0.717) is 11.3 Å². The van der Waals surface area contributed by atoms with Crippen molar-refractivity contribution in [2.24, 2.45) is 0 Å². The topological polar surface area (TPSA) is 38.8 Å². The van der Waals surface area contributed by atoms with E-state index in [0.717, 1.165) is 5.56 Å². The number of carbonyl (C=O) groups excluding carboxylic acids is 1. The Labute approximate surface area is 153 Å². The molecule has 25 heavy (non-hydrogen) atoms. The van der Waals surface area contributed by atoms with Crippen LogP contribution in [0.4, 0.5) is 8.78 Å². The monoisotopic (exact) mass is 389 g/mol. The molecule has 0 radical (unpaired) electrons. The van der Waals surface area contributed by atoms with Gasteiger partial charge in [-0.2, -0.15) is 8.78 Å². The summed E-state index contributed by atoms with van der Waals surface area (Å²) in [6, 6.07) is 9.00. The lowest BCUT2D eigenvalue weighted by Gasteiger charge is -2.18. The smallest absolute Gasteiger partial charge is 0.387 e. The molecule has 8 heteroatoms. The van der Waals surface area contributed by atoms with E-state index >= 15 is 0 Å². The number of benzene rings is 2. The number of ether oxygens (including phenoxy) is 2. The summed E-state index contributed by atoms with van der Waals surface area (Å²) < 4.78 is 33.6. The Balaban J connectivity index is 2.10. The molecular formula is C17H15Cl2F2NO3. The average molecular weight is 390 g/mol. The third-order valence-corrected chi connectivity index (χ3v) is 3.93. The van der Waals surface area contributed by atoms with E-state index in [1.807, 2.05) is 0 Å². The maximum Gasteiger partial charge on any atom is 0.387 e. The Morgan fingerprint density at radius 3 is 2.20 bits per heavy atom. The van der Waals surface area contributed by atoms with Crippen LogP contribution in [-0.2, 0) is 6.54 Å². The van der Waals surface area contributed by atoms with Crippen LogP contribution < -0.4 is 9.47 Å². The molecule has 2 rings (SSSR count). The molecule has 0 aliphatic carbocycles. The number of carbonyl (C=O) groups is 1. The summed E-state index contributed by atoms with van der Waals surface area (Å²) in [6.07, 6.45) is 0. The van der Waals surface area contributed by atoms with Crippen molar-refractivity contribution in [3.05, 3.63) is 57.6 Å². The third kappa shape index (κ3) is 4.96. The summed E-state index contributed by atoms with van der Waals surface area (Å²) in [4.78, 5) is 14.0. The zero-order chi connectivity index (χ0) is 18.6. The van der Waals surface area contributed by atoms with Crippen LogP contribution in [-0.4, -0.2) is 31.6 Å². The fraction of sp³-hybridized carbons (Fsp3) is 0.235. The van der Waals surface area contributed by atoms with Gasteiger partial charge in [0, 0.05) is 19.2 Å². The van der Waals surface area contributed by atoms with Gasteiger partial charge >= 0.3 is 6.61 Å². The van der Waals surface area contributed by atoms with Crippen molar-refractivity contribution < 1.29 is 23.0 Å². The summed E-state index contributed by atoms with van der Waals surface area (Å²) in [5.74, 6) is 0.0676. The lowest BCUT2D eigenvalue weighted by molar-refractivity contribution is -0.0498. The molecule has 0 spiro atoms. The maximum atomic E-state index is 12.5. The van der Waals surface area contributed by atoms with Crippen molar-refractivity contribution >= 4 is 29.1 Å². The zero-order valence-electron chi connectivity index (χ0n) is 13.4. The molecule has 2 aromatic carbocycles. The second kappa shape index (κ2) is 8.36. The fourth-order valence-corrected chi connectivity index (χ4v) is 2.86. The molecular weight excluding hydrogens is 375 g/mol. The Bertz CT molecular complexity index is 731. The summed E-state index contributed by atoms with van der Waals surface area (Å²) in [6.45, 7) is -2.60. The van der Waals surface area contributed by atoms with E-state index < -0.39 is 6.61 Å². The first-order chi connectivity index (χ1) is 11.8. The van der Waals surface area contributed by atoms with Gasteiger partial charge in [-0.3, -0.25) is 4.79 Å². The van der Waals surface area contributed by atoms with Crippen LogP contribution in [0, 0.1) is 0 Å². The van der Waals surface area contributed by atoms with Gasteiger partial charge in [-0.05, 0) is 29.8 Å². The molecule has 0 N–H and O–H groups in total. The van der Waals surface area contributed by atoms with E-state index in [9.17, 15) is 13.6 Å². The molecule has 0 aliphatic rings. The van der Waals surface area contributed by atoms with Crippen molar-refractivity contribution in [2.45, 2.75) is 13.2 Å². The minimum atomic E-state index is -2.88. The second-order valence-electron chi connectivity index (χ2n) is 5.16. The summed E-state index contributed by atoms with van der Waals surface area (Å²) in [5, 5.41) is 0.473. The lowest BCUT2D eigenvalue weighted by Crippen LogP contribution is -2.26. The summed E-state index contributed by atoms with van der Waals surface area (Å²) in [7, 11) is 3.04. The normalized spacial score (nSPS) is 10.7. The molecule has 0 aliphatic heterocycles. The van der Waals surface area contributed by atoms with Gasteiger partial charge in [0.15, 0.2) is 5.75 Å². The molecule has 1 amide bonds. The molecule has 0 fully saturated rings. The van der Waals surface area contributed by atoms with Gasteiger partial charge in [0.1, 0.15) is 5.75 Å². The number of hydrogen-bond donors (Lipinski definition) is 0. The van der Waals surface area contributed by atoms with Crippen molar-refractivity contribution in [1.82, 2.24) is 4.90 Å². The van der Waals surface area contributed by atoms with E-state index in [1.54, 1.807) is 19.2 Å². The number of amides is 1. The van der Waals surface area contributed by atoms with Crippen LogP contribution in [0.5, 0.6) is 11.5 Å². The Hall–Kier alpha value is -2.05. The first kappa shape index (κ1) is 19.3. The van der Waals surface area contributed by atoms with Crippen LogP contribution in [0.1, 0.15) is 15.9 Å². The summed E-state index contributed by atoms with van der Waals surface area (Å²) in [5.41, 5.74) is 1.07. The SMILES string of the molecule is COc1c(Cl)cc(C(=O)N(C)Cc2ccc(OC(F)F)cc2)cc1Cl. The van der Waals surface area contributed by atoms with Gasteiger partial charge in [-0.15, -0.1) is 0 Å². The highest BCUT2D eigenvalue weighted by molar-refractivity contribution is 6.37. The molecule has 4 nitrogen and oxygen atoms in total. The quantitative estimate of drug-likeness (QED) is 0.706. The average Bonchev–Trinajstić information content (AvgIpc) is 2.55. The van der Waals surface area contributed by atoms with E-state index in [4.69, 9.17) is 27.9 Å². The number of nitrogens with zero attached hydrogens (tertiary/aromatic N) is 1. The van der Waals surface area contributed by atoms with Crippen LogP contribution in [0.3, 0.4) is 0 Å². The van der Waals surface area contributed by atoms with E-state index in [2.05, 4.69) is 4.74 Å². The number of hydrogen-bond acceptors (Lipinski definition) is 3. The van der Waals surface area contributed by atoms with Gasteiger partial charge in [0.2, 0.25) is 0 Å². The molecule has 0 saturated carbocycles. The predicted octanol–water partition coefficient (Wildman–Crippen LogP) is 4.88. The predicted molar refractivity (Wildman–Crippen MR) is 91.9 cm³/mol. The van der Waals surface area contributed by atoms with Crippen LogP contribution in [0.15, 0.2) is 36.4 Å². The van der Waals surface area contributed by atoms with Crippen molar-refractivity contribution in [3.8, 4) is 11.5 Å². The standard InChI is InChI=1S/C17H15Cl2F2NO3/c1-22(9-10-3-5-12(6-4-10)25-17(20)21)16(23)11-7-13(18)15(24-2)14(19)8-11/h3-8,17H,9H2,1-2H3. The van der Waals surface area contributed by atoms with Crippen LogP contribution in [0.25, 0.3) is 0 Å². The first-order valence-electron chi connectivity index (χ1n) is 7.14. The number of halogens is 4. The zero-order valence-corrected chi connectivity index (χ0v) is 14.9. The van der Waals surface area contributed by atoms with Crippen LogP contribution >= 0.6 is 23.2 Å². The molecule has 134 valence electrons. The van der Waals surface area contributed by atoms with Gasteiger partial charge < -0.3 is 14.4 Å². The van der Waals surface area contributed by atoms with Crippen molar-refractivity contribution in [3.63, 3.8) is 0 Å². The highest BCUT2D eigenvalue weighted by atomic mass is 35.5. The van der Waals surface area contributed by atoms with Gasteiger partial charge in [0.25, 0.3) is 5.91 Å². The number of rotatable bonds is 6. The fourth-order valence-electron chi connectivity index (χ4n) is 2.22. The van der Waals surface area contributed by atoms with Crippen molar-refractivity contribution in [2.75, 3.05) is 14.2 Å². The highest BCUT2D eigenvalue weighted by Gasteiger charge is 2.17. The lowest BCUT2D eigenvalue weighted by atomic mass is 10.1. The minimum absolute atomic E-state index is 0.0569.